The number of carbonyl (C=O) groups is 2. The number of aliphatic hydroxyl groups excluding tert-OH is 1. The van der Waals surface area contributed by atoms with Crippen LogP contribution in [-0.2, 0) is 9.59 Å². The van der Waals surface area contributed by atoms with Crippen molar-refractivity contribution in [2.75, 3.05) is 48.5 Å². The van der Waals surface area contributed by atoms with Crippen molar-refractivity contribution >= 4 is 17.4 Å². The molecule has 1 aliphatic rings. The Hall–Kier alpha value is -3.52. The standard InChI is InChI=1S/C25H30N2O6/c1-26(2)13-6-14-27-22(19-12-11-18(32-4)15-20(19)33-5)21(24(29)25(27)30)23(28)16-7-9-17(31-3)10-8-16/h7-12,15,22,28H,6,13-14H2,1-5H3. The minimum atomic E-state index is -0.796. The van der Waals surface area contributed by atoms with Gasteiger partial charge in [0, 0.05) is 23.7 Å². The lowest BCUT2D eigenvalue weighted by Gasteiger charge is -2.27. The Bertz CT molecular complexity index is 1050. The summed E-state index contributed by atoms with van der Waals surface area (Å²) >= 11 is 0. The van der Waals surface area contributed by atoms with Crippen LogP contribution in [-0.4, -0.2) is 75.1 Å². The van der Waals surface area contributed by atoms with E-state index in [4.69, 9.17) is 14.2 Å². The van der Waals surface area contributed by atoms with Crippen LogP contribution in [0.15, 0.2) is 48.0 Å². The first-order valence-electron chi connectivity index (χ1n) is 10.6. The average molecular weight is 455 g/mol. The molecule has 0 saturated carbocycles. The highest BCUT2D eigenvalue weighted by molar-refractivity contribution is 6.46. The topological polar surface area (TPSA) is 88.5 Å². The molecule has 1 atom stereocenters. The number of carbonyl (C=O) groups excluding carboxylic acids is 2. The zero-order valence-electron chi connectivity index (χ0n) is 19.6. The van der Waals surface area contributed by atoms with Gasteiger partial charge in [-0.1, -0.05) is 0 Å². The average Bonchev–Trinajstić information content (AvgIpc) is 3.07. The summed E-state index contributed by atoms with van der Waals surface area (Å²) in [6.07, 6.45) is 0.664. The molecular weight excluding hydrogens is 424 g/mol. The molecule has 2 aromatic rings. The fraction of sp³-hybridized carbons (Fsp3) is 0.360. The molecule has 176 valence electrons. The van der Waals surface area contributed by atoms with Crippen LogP contribution in [0.1, 0.15) is 23.6 Å². The van der Waals surface area contributed by atoms with Crippen molar-refractivity contribution in [3.63, 3.8) is 0 Å². The van der Waals surface area contributed by atoms with Crippen molar-refractivity contribution in [1.29, 1.82) is 0 Å². The third-order valence-corrected chi connectivity index (χ3v) is 5.64. The summed E-state index contributed by atoms with van der Waals surface area (Å²) in [5.74, 6) is 0.0376. The van der Waals surface area contributed by atoms with Crippen molar-refractivity contribution in [3.05, 3.63) is 59.2 Å². The van der Waals surface area contributed by atoms with Crippen LogP contribution in [0, 0.1) is 0 Å². The quantitative estimate of drug-likeness (QED) is 0.354. The molecule has 2 aromatic carbocycles. The molecule has 0 spiro atoms. The lowest BCUT2D eigenvalue weighted by Crippen LogP contribution is -2.32. The second-order valence-electron chi connectivity index (χ2n) is 7.99. The first-order chi connectivity index (χ1) is 15.8. The van der Waals surface area contributed by atoms with Gasteiger partial charge in [0.2, 0.25) is 0 Å². The maximum atomic E-state index is 13.1. The molecule has 3 rings (SSSR count). The first kappa shape index (κ1) is 24.1. The van der Waals surface area contributed by atoms with Gasteiger partial charge in [0.15, 0.2) is 0 Å². The molecule has 33 heavy (non-hydrogen) atoms. The van der Waals surface area contributed by atoms with Crippen LogP contribution in [0.3, 0.4) is 0 Å². The number of ether oxygens (including phenoxy) is 3. The number of nitrogens with zero attached hydrogens (tertiary/aromatic N) is 2. The van der Waals surface area contributed by atoms with E-state index in [1.165, 1.54) is 12.0 Å². The number of rotatable bonds is 9. The van der Waals surface area contributed by atoms with E-state index in [1.54, 1.807) is 56.7 Å². The fourth-order valence-corrected chi connectivity index (χ4v) is 3.94. The van der Waals surface area contributed by atoms with Gasteiger partial charge in [-0.25, -0.2) is 0 Å². The van der Waals surface area contributed by atoms with Crippen LogP contribution in [0.25, 0.3) is 5.76 Å². The van der Waals surface area contributed by atoms with Crippen LogP contribution >= 0.6 is 0 Å². The lowest BCUT2D eigenvalue weighted by molar-refractivity contribution is -0.140. The van der Waals surface area contributed by atoms with Gasteiger partial charge in [-0.05, 0) is 63.5 Å². The minimum Gasteiger partial charge on any atom is -0.507 e. The molecule has 0 aromatic heterocycles. The lowest BCUT2D eigenvalue weighted by atomic mass is 9.94. The number of Topliss-reactive ketones (excluding diaryl/α,β-unsaturated/α-hetero) is 1. The number of amides is 1. The van der Waals surface area contributed by atoms with Gasteiger partial charge in [-0.3, -0.25) is 9.59 Å². The molecule has 0 aliphatic carbocycles. The molecular formula is C25H30N2O6. The zero-order valence-corrected chi connectivity index (χ0v) is 19.6. The van der Waals surface area contributed by atoms with Crippen molar-refractivity contribution in [2.24, 2.45) is 0 Å². The number of hydrogen-bond donors (Lipinski definition) is 1. The van der Waals surface area contributed by atoms with Gasteiger partial charge in [0.25, 0.3) is 11.7 Å². The highest BCUT2D eigenvalue weighted by Crippen LogP contribution is 2.43. The number of aliphatic hydroxyl groups is 1. The smallest absolute Gasteiger partial charge is 0.295 e. The van der Waals surface area contributed by atoms with Gasteiger partial charge < -0.3 is 29.1 Å². The van der Waals surface area contributed by atoms with Crippen LogP contribution in [0.5, 0.6) is 17.2 Å². The summed E-state index contributed by atoms with van der Waals surface area (Å²) in [6.45, 7) is 1.09. The third kappa shape index (κ3) is 4.96. The number of likely N-dealkylation sites (tertiary alicyclic amines) is 1. The molecule has 1 saturated heterocycles. The molecule has 8 heteroatoms. The van der Waals surface area contributed by atoms with Crippen molar-refractivity contribution < 1.29 is 28.9 Å². The highest BCUT2D eigenvalue weighted by Gasteiger charge is 2.46. The monoisotopic (exact) mass is 454 g/mol. The Labute approximate surface area is 194 Å². The number of hydrogen-bond acceptors (Lipinski definition) is 7. The van der Waals surface area contributed by atoms with E-state index >= 15 is 0 Å². The molecule has 0 bridgehead atoms. The van der Waals surface area contributed by atoms with Crippen molar-refractivity contribution in [3.8, 4) is 17.2 Å². The molecule has 1 aliphatic heterocycles. The summed E-state index contributed by atoms with van der Waals surface area (Å²) in [6, 6.07) is 11.1. The third-order valence-electron chi connectivity index (χ3n) is 5.64. The van der Waals surface area contributed by atoms with E-state index in [-0.39, 0.29) is 11.3 Å². The predicted octanol–water partition coefficient (Wildman–Crippen LogP) is 3.09. The SMILES string of the molecule is COc1ccc(C(O)=C2C(=O)C(=O)N(CCCN(C)C)C2c2ccc(OC)cc2OC)cc1. The van der Waals surface area contributed by atoms with Crippen molar-refractivity contribution in [2.45, 2.75) is 12.5 Å². The summed E-state index contributed by atoms with van der Waals surface area (Å²) in [4.78, 5) is 29.7. The summed E-state index contributed by atoms with van der Waals surface area (Å²) < 4.78 is 16.0. The van der Waals surface area contributed by atoms with E-state index in [1.807, 2.05) is 19.0 Å². The second-order valence-corrected chi connectivity index (χ2v) is 7.99. The molecule has 0 radical (unpaired) electrons. The normalized spacial score (nSPS) is 17.5. The molecule has 1 fully saturated rings. The van der Waals surface area contributed by atoms with Crippen molar-refractivity contribution in [1.82, 2.24) is 9.80 Å². The Kier molecular flexibility index (Phi) is 7.60. The Morgan fingerprint density at radius 1 is 0.970 bits per heavy atom. The maximum Gasteiger partial charge on any atom is 0.295 e. The number of benzene rings is 2. The Morgan fingerprint density at radius 3 is 2.18 bits per heavy atom. The molecule has 1 heterocycles. The molecule has 1 N–H and O–H groups in total. The van der Waals surface area contributed by atoms with Gasteiger partial charge in [0.05, 0.1) is 32.9 Å². The van der Waals surface area contributed by atoms with Gasteiger partial charge in [-0.15, -0.1) is 0 Å². The van der Waals surface area contributed by atoms with Gasteiger partial charge >= 0.3 is 0 Å². The van der Waals surface area contributed by atoms with E-state index in [2.05, 4.69) is 0 Å². The van der Waals surface area contributed by atoms with Crippen LogP contribution < -0.4 is 14.2 Å². The van der Waals surface area contributed by atoms with Crippen LogP contribution in [0.2, 0.25) is 0 Å². The first-order valence-corrected chi connectivity index (χ1v) is 10.6. The summed E-state index contributed by atoms with van der Waals surface area (Å²) in [5.41, 5.74) is 1.04. The zero-order chi connectivity index (χ0) is 24.1. The van der Waals surface area contributed by atoms with E-state index < -0.39 is 17.7 Å². The number of ketones is 1. The molecule has 1 unspecified atom stereocenters. The fourth-order valence-electron chi connectivity index (χ4n) is 3.94. The van der Waals surface area contributed by atoms with E-state index in [9.17, 15) is 14.7 Å². The largest absolute Gasteiger partial charge is 0.507 e. The predicted molar refractivity (Wildman–Crippen MR) is 125 cm³/mol. The second kappa shape index (κ2) is 10.4. The summed E-state index contributed by atoms with van der Waals surface area (Å²) in [7, 11) is 8.50. The Morgan fingerprint density at radius 2 is 1.61 bits per heavy atom. The number of methoxy groups -OCH3 is 3. The highest BCUT2D eigenvalue weighted by atomic mass is 16.5. The maximum absolute atomic E-state index is 13.1. The molecule has 1 amide bonds. The van der Waals surface area contributed by atoms with Crippen LogP contribution in [0.4, 0.5) is 0 Å². The van der Waals surface area contributed by atoms with E-state index in [0.29, 0.717) is 41.3 Å². The van der Waals surface area contributed by atoms with Gasteiger partial charge in [0.1, 0.15) is 23.0 Å². The van der Waals surface area contributed by atoms with Gasteiger partial charge in [-0.2, -0.15) is 0 Å². The summed E-state index contributed by atoms with van der Waals surface area (Å²) in [5, 5.41) is 11.2. The van der Waals surface area contributed by atoms with E-state index in [0.717, 1.165) is 6.54 Å². The molecule has 8 nitrogen and oxygen atoms in total. The Balaban J connectivity index is 2.15. The minimum absolute atomic E-state index is 0.0264.